The van der Waals surface area contributed by atoms with Crippen LogP contribution in [0.5, 0.6) is 0 Å². The van der Waals surface area contributed by atoms with Crippen molar-refractivity contribution in [3.8, 4) is 5.92 Å². The van der Waals surface area contributed by atoms with Crippen molar-refractivity contribution in [2.45, 2.75) is 13.8 Å². The van der Waals surface area contributed by atoms with Crippen molar-refractivity contribution in [3.05, 3.63) is 6.42 Å². The first kappa shape index (κ1) is 7.03. The Morgan fingerprint density at radius 1 is 1.75 bits per heavy atom. The zero-order chi connectivity index (χ0) is 6.78. The van der Waals surface area contributed by atoms with Gasteiger partial charge in [-0.15, -0.1) is 0 Å². The van der Waals surface area contributed by atoms with Crippen molar-refractivity contribution in [1.82, 2.24) is 0 Å². The van der Waals surface area contributed by atoms with E-state index in [-0.39, 0.29) is 0 Å². The molecule has 0 spiro atoms. The molecule has 0 bridgehead atoms. The van der Waals surface area contributed by atoms with Gasteiger partial charge in [0.05, 0.1) is 0 Å². The lowest BCUT2D eigenvalue weighted by atomic mass is 9.96. The summed E-state index contributed by atoms with van der Waals surface area (Å²) in [6.45, 7) is 2.84. The molecule has 2 nitrogen and oxygen atoms in total. The molecule has 8 heavy (non-hydrogen) atoms. The fraction of sp³-hybridized carbons (Fsp3) is 0.500. The number of rotatable bonds is 1. The Morgan fingerprint density at radius 3 is 2.12 bits per heavy atom. The molecule has 0 unspecified atom stereocenters. The summed E-state index contributed by atoms with van der Waals surface area (Å²) in [5.41, 5.74) is -1.12. The number of hydrogen-bond donors (Lipinski definition) is 1. The summed E-state index contributed by atoms with van der Waals surface area (Å²) in [7, 11) is 0. The zero-order valence-electron chi connectivity index (χ0n) is 4.86. The molecular weight excluding hydrogens is 104 g/mol. The molecule has 0 aliphatic carbocycles. The lowest BCUT2D eigenvalue weighted by molar-refractivity contribution is -0.143. The fourth-order valence-corrected chi connectivity index (χ4v) is 0.0535. The Hall–Kier alpha value is -0.970. The van der Waals surface area contributed by atoms with E-state index in [1.807, 2.05) is 5.92 Å². The summed E-state index contributed by atoms with van der Waals surface area (Å²) in [4.78, 5) is 10.1. The largest absolute Gasteiger partial charge is 0.480 e. The highest BCUT2D eigenvalue weighted by Crippen LogP contribution is 2.11. The molecule has 0 atom stereocenters. The number of carboxylic acids is 1. The van der Waals surface area contributed by atoms with Crippen molar-refractivity contribution in [2.24, 2.45) is 5.41 Å². The van der Waals surface area contributed by atoms with E-state index in [0.29, 0.717) is 0 Å². The molecule has 0 saturated heterocycles. The average molecular weight is 111 g/mol. The quantitative estimate of drug-likeness (QED) is 0.505. The average Bonchev–Trinajstić information content (AvgIpc) is 1.67. The van der Waals surface area contributed by atoms with E-state index in [1.165, 1.54) is 13.8 Å². The third-order valence-electron chi connectivity index (χ3n) is 0.847. The predicted octanol–water partition coefficient (Wildman–Crippen LogP) is 0.687. The van der Waals surface area contributed by atoms with E-state index < -0.39 is 11.4 Å². The minimum Gasteiger partial charge on any atom is -0.480 e. The maximum atomic E-state index is 10.1. The van der Waals surface area contributed by atoms with Crippen LogP contribution in [-0.2, 0) is 4.79 Å². The minimum atomic E-state index is -1.12. The van der Waals surface area contributed by atoms with Gasteiger partial charge in [0.25, 0.3) is 0 Å². The van der Waals surface area contributed by atoms with E-state index >= 15 is 0 Å². The number of hydrogen-bond acceptors (Lipinski definition) is 1. The normalized spacial score (nSPS) is 10.1. The van der Waals surface area contributed by atoms with Crippen LogP contribution in [-0.4, -0.2) is 11.1 Å². The summed E-state index contributed by atoms with van der Waals surface area (Å²) in [5.74, 6) is 0.870. The molecule has 0 aromatic rings. The highest BCUT2D eigenvalue weighted by molar-refractivity contribution is 5.76. The lowest BCUT2D eigenvalue weighted by Gasteiger charge is -2.07. The van der Waals surface area contributed by atoms with E-state index in [9.17, 15) is 4.79 Å². The molecule has 0 aliphatic heterocycles. The van der Waals surface area contributed by atoms with E-state index in [0.717, 1.165) is 0 Å². The minimum absolute atomic E-state index is 1.02. The van der Waals surface area contributed by atoms with Gasteiger partial charge in [-0.05, 0) is 20.3 Å². The highest BCUT2D eigenvalue weighted by Gasteiger charge is 2.23. The van der Waals surface area contributed by atoms with Crippen LogP contribution in [0.15, 0.2) is 0 Å². The van der Waals surface area contributed by atoms with Crippen LogP contribution in [0.25, 0.3) is 0 Å². The first-order chi connectivity index (χ1) is 3.50. The molecular formula is C6H7O2. The van der Waals surface area contributed by atoms with Crippen LogP contribution in [0.1, 0.15) is 13.8 Å². The van der Waals surface area contributed by atoms with Crippen molar-refractivity contribution >= 4 is 5.97 Å². The molecule has 0 heterocycles. The third kappa shape index (κ3) is 1.27. The first-order valence-electron chi connectivity index (χ1n) is 2.18. The zero-order valence-corrected chi connectivity index (χ0v) is 4.86. The summed E-state index contributed by atoms with van der Waals surface area (Å²) in [5, 5.41) is 8.26. The smallest absolute Gasteiger partial charge is 0.321 e. The van der Waals surface area contributed by atoms with Gasteiger partial charge < -0.3 is 5.11 Å². The van der Waals surface area contributed by atoms with Crippen LogP contribution in [0.3, 0.4) is 0 Å². The predicted molar refractivity (Wildman–Crippen MR) is 28.5 cm³/mol. The molecule has 0 aromatic heterocycles. The van der Waals surface area contributed by atoms with Crippen LogP contribution >= 0.6 is 0 Å². The van der Waals surface area contributed by atoms with Gasteiger partial charge >= 0.3 is 5.97 Å². The van der Waals surface area contributed by atoms with Crippen molar-refractivity contribution in [3.63, 3.8) is 0 Å². The number of carboxylic acid groups (broad SMARTS) is 1. The van der Waals surface area contributed by atoms with Gasteiger partial charge in [0.2, 0.25) is 0 Å². The molecule has 0 aromatic carbocycles. The van der Waals surface area contributed by atoms with Gasteiger partial charge in [-0.1, -0.05) is 5.92 Å². The standard InChI is InChI=1S/C6H7O2/c1-4-6(2,3)5(7)8/h2-3H3,(H,7,8). The Labute approximate surface area is 48.5 Å². The van der Waals surface area contributed by atoms with E-state index in [1.54, 1.807) is 0 Å². The number of aliphatic carboxylic acids is 1. The van der Waals surface area contributed by atoms with Gasteiger partial charge in [0.15, 0.2) is 0 Å². The monoisotopic (exact) mass is 111 g/mol. The maximum absolute atomic E-state index is 10.1. The summed E-state index contributed by atoms with van der Waals surface area (Å²) < 4.78 is 0. The van der Waals surface area contributed by atoms with Crippen LogP contribution in [0.2, 0.25) is 0 Å². The fourth-order valence-electron chi connectivity index (χ4n) is 0.0535. The first-order valence-corrected chi connectivity index (χ1v) is 2.18. The molecule has 43 valence electrons. The van der Waals surface area contributed by atoms with Gasteiger partial charge in [-0.2, -0.15) is 0 Å². The second-order valence-electron chi connectivity index (χ2n) is 2.06. The SMILES string of the molecule is [C]#CC(C)(C)C(=O)O. The Bertz CT molecular complexity index is 139. The second-order valence-corrected chi connectivity index (χ2v) is 2.06. The highest BCUT2D eigenvalue weighted by atomic mass is 16.4. The molecule has 0 fully saturated rings. The molecule has 0 amide bonds. The Balaban J connectivity index is 4.19. The molecule has 1 radical (unpaired) electrons. The van der Waals surface area contributed by atoms with Crippen LogP contribution in [0.4, 0.5) is 0 Å². The van der Waals surface area contributed by atoms with Crippen molar-refractivity contribution in [2.75, 3.05) is 0 Å². The van der Waals surface area contributed by atoms with E-state index in [2.05, 4.69) is 0 Å². The second kappa shape index (κ2) is 1.87. The van der Waals surface area contributed by atoms with Crippen molar-refractivity contribution < 1.29 is 9.90 Å². The Morgan fingerprint density at radius 2 is 2.12 bits per heavy atom. The van der Waals surface area contributed by atoms with E-state index in [4.69, 9.17) is 11.5 Å². The number of carbonyl (C=O) groups is 1. The van der Waals surface area contributed by atoms with Gasteiger partial charge in [0, 0.05) is 0 Å². The molecule has 0 rings (SSSR count). The maximum Gasteiger partial charge on any atom is 0.321 e. The molecule has 2 heteroatoms. The molecule has 1 N–H and O–H groups in total. The lowest BCUT2D eigenvalue weighted by Crippen LogP contribution is -2.20. The van der Waals surface area contributed by atoms with Gasteiger partial charge in [0.1, 0.15) is 5.41 Å². The van der Waals surface area contributed by atoms with Gasteiger partial charge in [-0.25, -0.2) is 0 Å². The molecule has 0 saturated carbocycles. The Kier molecular flexibility index (Phi) is 1.64. The summed E-state index contributed by atoms with van der Waals surface area (Å²) in [6, 6.07) is 0. The third-order valence-corrected chi connectivity index (χ3v) is 0.847. The summed E-state index contributed by atoms with van der Waals surface area (Å²) >= 11 is 0. The topological polar surface area (TPSA) is 37.3 Å². The van der Waals surface area contributed by atoms with Crippen molar-refractivity contribution in [1.29, 1.82) is 0 Å². The van der Waals surface area contributed by atoms with Crippen LogP contribution in [0, 0.1) is 17.8 Å². The summed E-state index contributed by atoms with van der Waals surface area (Å²) in [6.07, 6.45) is 6.50. The molecule has 0 aliphatic rings. The van der Waals surface area contributed by atoms with Gasteiger partial charge in [-0.3, -0.25) is 4.79 Å². The van der Waals surface area contributed by atoms with Crippen LogP contribution < -0.4 is 0 Å².